The van der Waals surface area contributed by atoms with Crippen LogP contribution in [0.4, 0.5) is 0 Å². The normalized spacial score (nSPS) is 29.4. The lowest BCUT2D eigenvalue weighted by Gasteiger charge is -2.51. The summed E-state index contributed by atoms with van der Waals surface area (Å²) >= 11 is 0. The molecule has 352 valence electrons. The van der Waals surface area contributed by atoms with Crippen molar-refractivity contribution in [3.05, 3.63) is 22.8 Å². The predicted octanol–water partition coefficient (Wildman–Crippen LogP) is 7.05. The number of ether oxygens (including phenoxy) is 4. The zero-order valence-electron chi connectivity index (χ0n) is 40.2. The van der Waals surface area contributed by atoms with Gasteiger partial charge in [-0.05, 0) is 123 Å². The van der Waals surface area contributed by atoms with Crippen molar-refractivity contribution in [2.75, 3.05) is 0 Å². The van der Waals surface area contributed by atoms with Crippen molar-refractivity contribution in [2.45, 2.75) is 237 Å². The van der Waals surface area contributed by atoms with Gasteiger partial charge in [0.2, 0.25) is 0 Å². The number of hydrogen-bond acceptors (Lipinski definition) is 16. The molecule has 0 spiro atoms. The third-order valence-corrected chi connectivity index (χ3v) is 13.9. The molecule has 0 saturated carbocycles. The van der Waals surface area contributed by atoms with E-state index in [9.17, 15) is 40.0 Å². The molecule has 4 N–H and O–H groups in total. The van der Waals surface area contributed by atoms with Crippen molar-refractivity contribution >= 4 is 23.9 Å². The minimum atomic E-state index is -1.40. The van der Waals surface area contributed by atoms with Gasteiger partial charge in [-0.1, -0.05) is 0 Å². The Bertz CT molecular complexity index is 1770. The van der Waals surface area contributed by atoms with Crippen LogP contribution in [0.5, 0.6) is 0 Å². The van der Waals surface area contributed by atoms with Crippen LogP contribution in [-0.2, 0) is 38.1 Å². The summed E-state index contributed by atoms with van der Waals surface area (Å²) in [4.78, 5) is 58.4. The first-order valence-corrected chi connectivity index (χ1v) is 22.2. The van der Waals surface area contributed by atoms with Crippen LogP contribution < -0.4 is 0 Å². The molecule has 62 heavy (non-hydrogen) atoms. The highest BCUT2D eigenvalue weighted by Crippen LogP contribution is 2.44. The van der Waals surface area contributed by atoms with Crippen molar-refractivity contribution in [3.8, 4) is 0 Å². The predicted molar refractivity (Wildman–Crippen MR) is 227 cm³/mol. The number of nitrogens with zero attached hydrogens (tertiary/aromatic N) is 4. The average Bonchev–Trinajstić information content (AvgIpc) is 3.09. The van der Waals surface area contributed by atoms with Gasteiger partial charge in [-0.25, -0.2) is 14.4 Å². The molecule has 16 heteroatoms. The zero-order valence-corrected chi connectivity index (χ0v) is 40.2. The molecule has 4 heterocycles. The third-order valence-electron chi connectivity index (χ3n) is 13.9. The van der Waals surface area contributed by atoms with Crippen molar-refractivity contribution in [1.82, 2.24) is 20.3 Å². The maximum Gasteiger partial charge on any atom is 0.338 e. The molecule has 4 aliphatic heterocycles. The molecule has 0 bridgehead atoms. The molecule has 16 nitrogen and oxygen atoms in total. The summed E-state index contributed by atoms with van der Waals surface area (Å²) in [6.07, 6.45) is 0.154. The smallest absolute Gasteiger partial charge is 0.338 e. The van der Waals surface area contributed by atoms with Crippen LogP contribution in [-0.4, -0.2) is 134 Å². The van der Waals surface area contributed by atoms with Gasteiger partial charge in [-0.3, -0.25) is 4.79 Å². The Labute approximate surface area is 368 Å². The second-order valence-corrected chi connectivity index (χ2v) is 23.8. The maximum atomic E-state index is 14.6. The Morgan fingerprint density at radius 2 is 0.694 bits per heavy atom. The molecular formula is C46H76N4O12. The highest BCUT2D eigenvalue weighted by molar-refractivity contribution is 6.07. The van der Waals surface area contributed by atoms with E-state index in [-0.39, 0.29) is 68.1 Å². The lowest BCUT2D eigenvalue weighted by Crippen LogP contribution is -2.61. The van der Waals surface area contributed by atoms with Gasteiger partial charge >= 0.3 is 23.9 Å². The van der Waals surface area contributed by atoms with E-state index in [0.717, 1.165) is 0 Å². The van der Waals surface area contributed by atoms with Crippen molar-refractivity contribution in [1.29, 1.82) is 0 Å². The molecule has 0 aromatic rings. The van der Waals surface area contributed by atoms with Crippen LogP contribution in [0.15, 0.2) is 22.8 Å². The quantitative estimate of drug-likeness (QED) is 0.143. The number of carbonyl (C=O) groups is 4. The Morgan fingerprint density at radius 3 is 1.00 bits per heavy atom. The topological polar surface area (TPSA) is 199 Å². The summed E-state index contributed by atoms with van der Waals surface area (Å²) in [5.74, 6) is -4.87. The van der Waals surface area contributed by atoms with E-state index in [1.165, 1.54) is 26.3 Å². The first-order chi connectivity index (χ1) is 27.9. The second kappa shape index (κ2) is 16.5. The molecular weight excluding hydrogens is 801 g/mol. The number of hydroxylamine groups is 8. The van der Waals surface area contributed by atoms with E-state index in [4.69, 9.17) is 18.9 Å². The zero-order chi connectivity index (χ0) is 47.1. The first-order valence-electron chi connectivity index (χ1n) is 22.2. The summed E-state index contributed by atoms with van der Waals surface area (Å²) < 4.78 is 24.7. The van der Waals surface area contributed by atoms with Gasteiger partial charge in [-0.15, -0.1) is 0 Å². The van der Waals surface area contributed by atoms with Gasteiger partial charge in [0.1, 0.15) is 24.4 Å². The van der Waals surface area contributed by atoms with E-state index in [0.29, 0.717) is 0 Å². The highest BCUT2D eigenvalue weighted by Gasteiger charge is 2.52. The van der Waals surface area contributed by atoms with Gasteiger partial charge < -0.3 is 39.8 Å². The molecule has 0 amide bonds. The monoisotopic (exact) mass is 877 g/mol. The fraction of sp³-hybridized carbons (Fsp3) is 0.826. The van der Waals surface area contributed by atoms with E-state index < -0.39 is 105 Å². The number of esters is 4. The molecule has 4 saturated heterocycles. The van der Waals surface area contributed by atoms with Crippen LogP contribution >= 0.6 is 0 Å². The van der Waals surface area contributed by atoms with Gasteiger partial charge in [0.15, 0.2) is 0 Å². The van der Waals surface area contributed by atoms with Crippen LogP contribution in [0, 0.1) is 5.92 Å². The van der Waals surface area contributed by atoms with E-state index >= 15 is 0 Å². The minimum absolute atomic E-state index is 0.171. The summed E-state index contributed by atoms with van der Waals surface area (Å²) in [6, 6.07) is 0. The van der Waals surface area contributed by atoms with Crippen LogP contribution in [0.25, 0.3) is 0 Å². The van der Waals surface area contributed by atoms with Crippen molar-refractivity contribution < 1.29 is 59.0 Å². The summed E-state index contributed by atoms with van der Waals surface area (Å²) in [6.45, 7) is 29.4. The Kier molecular flexibility index (Phi) is 13.3. The third kappa shape index (κ3) is 10.1. The molecule has 5 rings (SSSR count). The van der Waals surface area contributed by atoms with Crippen molar-refractivity contribution in [2.24, 2.45) is 5.92 Å². The van der Waals surface area contributed by atoms with Crippen LogP contribution in [0.3, 0.4) is 0 Å². The lowest BCUT2D eigenvalue weighted by molar-refractivity contribution is -0.260. The molecule has 5 aliphatic rings. The number of piperidine rings is 4. The fourth-order valence-electron chi connectivity index (χ4n) is 11.5. The Morgan fingerprint density at radius 1 is 0.435 bits per heavy atom. The van der Waals surface area contributed by atoms with Crippen molar-refractivity contribution in [3.63, 3.8) is 0 Å². The fourth-order valence-corrected chi connectivity index (χ4v) is 11.5. The molecule has 1 unspecified atom stereocenters. The molecule has 4 fully saturated rings. The molecule has 1 aliphatic carbocycles. The molecule has 0 aromatic carbocycles. The SMILES string of the molecule is CC1(C)CC(OC(=O)C2=CC(C(=O)OC3CC(C)(C)N(O)C(C)(C)C3)=C(C(=O)OC3CC(C)(C)N(O)C(C)(C)C3)CC2C(=O)OC2CC(C)(C)N(O)C(C)(C)C2)CC(C)(C)N1O. The lowest BCUT2D eigenvalue weighted by atomic mass is 9.79. The summed E-state index contributed by atoms with van der Waals surface area (Å²) in [5, 5.41) is 48.9. The van der Waals surface area contributed by atoms with E-state index in [2.05, 4.69) is 0 Å². The van der Waals surface area contributed by atoms with Crippen LogP contribution in [0.1, 0.15) is 169 Å². The van der Waals surface area contributed by atoms with Crippen LogP contribution in [0.2, 0.25) is 0 Å². The number of rotatable bonds is 8. The first kappa shape index (κ1) is 50.0. The molecule has 0 radical (unpaired) electrons. The van der Waals surface area contributed by atoms with Gasteiger partial charge in [0.25, 0.3) is 0 Å². The van der Waals surface area contributed by atoms with E-state index in [1.54, 1.807) is 0 Å². The standard InChI is InChI=1S/C46H76N4O12/c1-39(2)19-27(20-40(3,4)47(39)55)59-35(51)31-17-33(37(53)61-29-23-43(9,10)49(57)44(11,12)24-29)34(38(54)62-30-25-45(13,14)50(58)46(15,16)26-30)18-32(31)36(52)60-28-21-41(5,6)48(56)42(7,8)22-28/h17,27-30,32,55-58H,18-26H2,1-16H3. The Balaban J connectivity index is 1.58. The summed E-state index contributed by atoms with van der Waals surface area (Å²) in [5.41, 5.74) is -6.84. The van der Waals surface area contributed by atoms with Gasteiger partial charge in [0.05, 0.1) is 22.6 Å². The molecule has 1 atom stereocenters. The highest BCUT2D eigenvalue weighted by atomic mass is 16.6. The number of carbonyl (C=O) groups excluding carboxylic acids is 4. The van der Waals surface area contributed by atoms with E-state index in [1.807, 2.05) is 111 Å². The largest absolute Gasteiger partial charge is 0.462 e. The maximum absolute atomic E-state index is 14.6. The average molecular weight is 877 g/mol. The van der Waals surface area contributed by atoms with Gasteiger partial charge in [-0.2, -0.15) is 20.3 Å². The second-order valence-electron chi connectivity index (χ2n) is 23.8. The minimum Gasteiger partial charge on any atom is -0.462 e. The number of hydrogen-bond donors (Lipinski definition) is 4. The Hall–Kier alpha value is -2.96. The molecule has 0 aromatic heterocycles. The summed E-state index contributed by atoms with van der Waals surface area (Å²) in [7, 11) is 0. The van der Waals surface area contributed by atoms with Gasteiger partial charge in [0, 0.05) is 95.7 Å².